The van der Waals surface area contributed by atoms with Crippen molar-refractivity contribution in [1.29, 1.82) is 0 Å². The zero-order valence-corrected chi connectivity index (χ0v) is 21.6. The number of esters is 1. The van der Waals surface area contributed by atoms with Crippen molar-refractivity contribution >= 4 is 11.7 Å². The van der Waals surface area contributed by atoms with Crippen LogP contribution in [0.5, 0.6) is 0 Å². The Labute approximate surface area is 209 Å². The zero-order valence-electron chi connectivity index (χ0n) is 21.6. The van der Waals surface area contributed by atoms with Gasteiger partial charge in [0, 0.05) is 50.9 Å². The summed E-state index contributed by atoms with van der Waals surface area (Å²) in [6.45, 7) is 14.2. The summed E-state index contributed by atoms with van der Waals surface area (Å²) in [6, 6.07) is 7.04. The van der Waals surface area contributed by atoms with Gasteiger partial charge in [-0.1, -0.05) is 12.1 Å². The van der Waals surface area contributed by atoms with Gasteiger partial charge in [0.1, 0.15) is 5.60 Å². The first-order valence-electron chi connectivity index (χ1n) is 13.0. The van der Waals surface area contributed by atoms with Crippen molar-refractivity contribution in [3.05, 3.63) is 39.9 Å². The Hall–Kier alpha value is -2.07. The van der Waals surface area contributed by atoms with Crippen LogP contribution in [-0.2, 0) is 16.0 Å². The number of hydrogen-bond donors (Lipinski definition) is 2. The van der Waals surface area contributed by atoms with Gasteiger partial charge in [-0.3, -0.25) is 19.8 Å². The summed E-state index contributed by atoms with van der Waals surface area (Å²) in [6.07, 6.45) is 3.30. The number of carbonyl (C=O) groups excluding carboxylic acids is 1. The van der Waals surface area contributed by atoms with Crippen LogP contribution in [-0.4, -0.2) is 91.2 Å². The molecule has 0 aliphatic carbocycles. The van der Waals surface area contributed by atoms with Crippen LogP contribution in [0, 0.1) is 16.0 Å². The van der Waals surface area contributed by atoms with Gasteiger partial charge in [0.2, 0.25) is 0 Å². The minimum atomic E-state index is -0.496. The maximum atomic E-state index is 12.8. The van der Waals surface area contributed by atoms with Gasteiger partial charge in [0.15, 0.2) is 0 Å². The normalized spacial score (nSPS) is 26.9. The van der Waals surface area contributed by atoms with E-state index in [4.69, 9.17) is 4.74 Å². The number of nitro groups is 1. The number of nitrogens with one attached hydrogen (secondary N) is 2. The lowest BCUT2D eigenvalue weighted by molar-refractivity contribution is -0.384. The molecule has 196 valence electrons. The standard InChI is InChI=1S/C26H43N5O4/c1-26(2,3)35-25(32)17-24-18-28-11-4-13-29-15-12-27-10-5-14-30(24)20-22(19-29)16-21-6-8-23(9-7-21)31(33)34/h6-9,22,24,27-28H,4-5,10-20H2,1-3H3. The molecule has 9 heteroatoms. The van der Waals surface area contributed by atoms with Crippen molar-refractivity contribution in [3.8, 4) is 0 Å². The van der Waals surface area contributed by atoms with Crippen LogP contribution in [0.2, 0.25) is 0 Å². The van der Waals surface area contributed by atoms with E-state index in [0.717, 1.165) is 83.7 Å². The highest BCUT2D eigenvalue weighted by molar-refractivity contribution is 5.70. The molecule has 4 unspecified atom stereocenters. The molecule has 2 bridgehead atoms. The molecule has 2 N–H and O–H groups in total. The Kier molecular flexibility index (Phi) is 10.5. The van der Waals surface area contributed by atoms with Gasteiger partial charge in [0.05, 0.1) is 11.3 Å². The molecule has 0 spiro atoms. The van der Waals surface area contributed by atoms with Crippen LogP contribution in [0.4, 0.5) is 5.69 Å². The summed E-state index contributed by atoms with van der Waals surface area (Å²) in [5.41, 5.74) is 0.745. The largest absolute Gasteiger partial charge is 0.460 e. The summed E-state index contributed by atoms with van der Waals surface area (Å²) in [7, 11) is 0. The van der Waals surface area contributed by atoms with Gasteiger partial charge >= 0.3 is 5.97 Å². The summed E-state index contributed by atoms with van der Waals surface area (Å²) in [5.74, 6) is 0.203. The molecule has 0 saturated carbocycles. The Bertz CT molecular complexity index is 811. The van der Waals surface area contributed by atoms with E-state index in [1.54, 1.807) is 12.1 Å². The van der Waals surface area contributed by atoms with Crippen LogP contribution in [0.3, 0.4) is 0 Å². The number of hydrogen-bond acceptors (Lipinski definition) is 8. The van der Waals surface area contributed by atoms with Crippen LogP contribution in [0.1, 0.15) is 45.6 Å². The average Bonchev–Trinajstić information content (AvgIpc) is 2.84. The van der Waals surface area contributed by atoms with Crippen molar-refractivity contribution in [3.63, 3.8) is 0 Å². The number of fused-ring (bicyclic) bond motifs is 4. The number of carbonyl (C=O) groups is 1. The van der Waals surface area contributed by atoms with Gasteiger partial charge in [0.25, 0.3) is 5.69 Å². The zero-order chi connectivity index (χ0) is 25.3. The smallest absolute Gasteiger partial charge is 0.307 e. The Balaban J connectivity index is 1.82. The van der Waals surface area contributed by atoms with E-state index in [2.05, 4.69) is 20.4 Å². The van der Waals surface area contributed by atoms with Crippen LogP contribution in [0.25, 0.3) is 0 Å². The van der Waals surface area contributed by atoms with Crippen LogP contribution >= 0.6 is 0 Å². The summed E-state index contributed by atoms with van der Waals surface area (Å²) in [4.78, 5) is 28.5. The number of nitro benzene ring substituents is 1. The first kappa shape index (κ1) is 27.5. The van der Waals surface area contributed by atoms with Crippen LogP contribution < -0.4 is 10.6 Å². The maximum absolute atomic E-state index is 12.8. The number of nitrogens with zero attached hydrogens (tertiary/aromatic N) is 3. The van der Waals surface area contributed by atoms with Crippen molar-refractivity contribution in [2.45, 2.75) is 58.1 Å². The molecule has 3 rings (SSSR count). The molecule has 2 fully saturated rings. The van der Waals surface area contributed by atoms with Gasteiger partial charge in [-0.05, 0) is 77.7 Å². The third-order valence-corrected chi connectivity index (χ3v) is 6.63. The monoisotopic (exact) mass is 489 g/mol. The summed E-state index contributed by atoms with van der Waals surface area (Å²) >= 11 is 0. The molecule has 1 aromatic carbocycles. The minimum Gasteiger partial charge on any atom is -0.460 e. The molecular formula is C26H43N5O4. The SMILES string of the molecule is CC(C)(C)OC(=O)CC1CNCCCN2CCNCCCN1CC(Cc1ccc([N+](=O)[O-])cc1)C2. The number of rotatable bonds is 5. The van der Waals surface area contributed by atoms with E-state index in [9.17, 15) is 14.9 Å². The van der Waals surface area contributed by atoms with Gasteiger partial charge < -0.3 is 20.3 Å². The van der Waals surface area contributed by atoms with E-state index in [-0.39, 0.29) is 22.6 Å². The molecule has 0 radical (unpaired) electrons. The third-order valence-electron chi connectivity index (χ3n) is 6.63. The molecule has 1 aromatic rings. The summed E-state index contributed by atoms with van der Waals surface area (Å²) in [5, 5.41) is 18.3. The first-order chi connectivity index (χ1) is 16.7. The minimum absolute atomic E-state index is 0.0662. The molecule has 0 amide bonds. The summed E-state index contributed by atoms with van der Waals surface area (Å²) < 4.78 is 5.68. The van der Waals surface area contributed by atoms with Crippen molar-refractivity contribution in [2.24, 2.45) is 5.92 Å². The second-order valence-corrected chi connectivity index (χ2v) is 10.9. The van der Waals surface area contributed by atoms with Crippen molar-refractivity contribution in [2.75, 3.05) is 58.9 Å². The topological polar surface area (TPSA) is 100.0 Å². The molecular weight excluding hydrogens is 446 g/mol. The number of non-ortho nitro benzene ring substituents is 1. The quantitative estimate of drug-likeness (QED) is 0.370. The molecule has 4 atom stereocenters. The van der Waals surface area contributed by atoms with E-state index in [0.29, 0.717) is 12.3 Å². The van der Waals surface area contributed by atoms with Gasteiger partial charge in [-0.25, -0.2) is 0 Å². The van der Waals surface area contributed by atoms with Crippen LogP contribution in [0.15, 0.2) is 24.3 Å². The highest BCUT2D eigenvalue weighted by atomic mass is 16.6. The van der Waals surface area contributed by atoms with Crippen molar-refractivity contribution in [1.82, 2.24) is 20.4 Å². The Morgan fingerprint density at radius 1 is 1.06 bits per heavy atom. The maximum Gasteiger partial charge on any atom is 0.307 e. The molecule has 2 heterocycles. The second-order valence-electron chi connectivity index (χ2n) is 10.9. The molecule has 2 saturated heterocycles. The third kappa shape index (κ3) is 9.83. The molecule has 35 heavy (non-hydrogen) atoms. The lowest BCUT2D eigenvalue weighted by Crippen LogP contribution is -2.48. The van der Waals surface area contributed by atoms with E-state index in [1.165, 1.54) is 0 Å². The predicted molar refractivity (Wildman–Crippen MR) is 138 cm³/mol. The highest BCUT2D eigenvalue weighted by Crippen LogP contribution is 2.20. The predicted octanol–water partition coefficient (Wildman–Crippen LogP) is 2.44. The van der Waals surface area contributed by atoms with Crippen molar-refractivity contribution < 1.29 is 14.5 Å². The molecule has 0 aromatic heterocycles. The Morgan fingerprint density at radius 3 is 2.49 bits per heavy atom. The average molecular weight is 490 g/mol. The van der Waals surface area contributed by atoms with E-state index < -0.39 is 5.60 Å². The lowest BCUT2D eigenvalue weighted by Gasteiger charge is -2.35. The fourth-order valence-corrected chi connectivity index (χ4v) is 5.06. The molecule has 2 aliphatic rings. The Morgan fingerprint density at radius 2 is 1.77 bits per heavy atom. The number of ether oxygens (including phenoxy) is 1. The van der Waals surface area contributed by atoms with E-state index in [1.807, 2.05) is 32.9 Å². The fraction of sp³-hybridized carbons (Fsp3) is 0.731. The molecule has 9 nitrogen and oxygen atoms in total. The molecule has 2 aliphatic heterocycles. The van der Waals surface area contributed by atoms with E-state index >= 15 is 0 Å². The van der Waals surface area contributed by atoms with Gasteiger partial charge in [-0.2, -0.15) is 0 Å². The second kappa shape index (κ2) is 13.3. The lowest BCUT2D eigenvalue weighted by atomic mass is 9.96. The highest BCUT2D eigenvalue weighted by Gasteiger charge is 2.28. The fourth-order valence-electron chi connectivity index (χ4n) is 5.06. The number of benzene rings is 1. The van der Waals surface area contributed by atoms with Gasteiger partial charge in [-0.15, -0.1) is 0 Å². The first-order valence-corrected chi connectivity index (χ1v) is 13.0.